The highest BCUT2D eigenvalue weighted by Gasteiger charge is 2.08. The molecule has 0 saturated carbocycles. The molecule has 0 aromatic heterocycles. The van der Waals surface area contributed by atoms with Crippen molar-refractivity contribution < 1.29 is 0 Å². The summed E-state index contributed by atoms with van der Waals surface area (Å²) in [4.78, 5) is 0. The lowest BCUT2D eigenvalue weighted by molar-refractivity contribution is 0.971. The van der Waals surface area contributed by atoms with Gasteiger partial charge < -0.3 is 0 Å². The molecule has 0 fully saturated rings. The number of thioether (sulfide) groups is 1. The van der Waals surface area contributed by atoms with Crippen molar-refractivity contribution in [2.45, 2.75) is 54.4 Å². The van der Waals surface area contributed by atoms with E-state index in [0.29, 0.717) is 0 Å². The summed E-state index contributed by atoms with van der Waals surface area (Å²) in [5.74, 6) is 0. The van der Waals surface area contributed by atoms with Gasteiger partial charge in [0.1, 0.15) is 0 Å². The summed E-state index contributed by atoms with van der Waals surface area (Å²) in [7, 11) is 0. The van der Waals surface area contributed by atoms with Crippen LogP contribution in [0.25, 0.3) is 11.5 Å². The summed E-state index contributed by atoms with van der Waals surface area (Å²) in [5.41, 5.74) is 4.58. The topological polar surface area (TPSA) is 0 Å². The van der Waals surface area contributed by atoms with Crippen molar-refractivity contribution in [3.8, 4) is 0 Å². The van der Waals surface area contributed by atoms with Gasteiger partial charge in [-0.1, -0.05) is 91.1 Å². The van der Waals surface area contributed by atoms with E-state index in [1.807, 2.05) is 41.5 Å². The van der Waals surface area contributed by atoms with E-state index in [2.05, 4.69) is 72.5 Å². The van der Waals surface area contributed by atoms with Crippen molar-refractivity contribution in [2.75, 3.05) is 0 Å². The molecule has 1 heterocycles. The van der Waals surface area contributed by atoms with Gasteiger partial charge in [0.15, 0.2) is 0 Å². The van der Waals surface area contributed by atoms with E-state index in [4.69, 9.17) is 0 Å². The molecule has 0 amide bonds. The van der Waals surface area contributed by atoms with Gasteiger partial charge in [0, 0.05) is 0 Å². The maximum absolute atomic E-state index is 4.18. The first-order valence-electron chi connectivity index (χ1n) is 10.1. The van der Waals surface area contributed by atoms with E-state index in [-0.39, 0.29) is 0 Å². The molecule has 1 aliphatic heterocycles. The van der Waals surface area contributed by atoms with E-state index < -0.39 is 0 Å². The maximum Gasteiger partial charge on any atom is -0.0117 e. The van der Waals surface area contributed by atoms with Gasteiger partial charge >= 0.3 is 0 Å². The van der Waals surface area contributed by atoms with Crippen LogP contribution >= 0.6 is 11.8 Å². The van der Waals surface area contributed by atoms with Crippen LogP contribution in [0.5, 0.6) is 0 Å². The zero-order valence-corrected chi connectivity index (χ0v) is 18.8. The van der Waals surface area contributed by atoms with Crippen molar-refractivity contribution in [1.82, 2.24) is 0 Å². The van der Waals surface area contributed by atoms with Crippen LogP contribution in [0.4, 0.5) is 0 Å². The predicted octanol–water partition coefficient (Wildman–Crippen LogP) is 7.30. The Morgan fingerprint density at radius 3 is 2.04 bits per heavy atom. The molecule has 0 radical (unpaired) electrons. The molecule has 146 valence electrons. The third-order valence-electron chi connectivity index (χ3n) is 3.72. The number of hydrogen-bond donors (Lipinski definition) is 0. The Morgan fingerprint density at radius 1 is 0.778 bits per heavy atom. The third-order valence-corrected chi connectivity index (χ3v) is 4.53. The Morgan fingerprint density at radius 2 is 1.37 bits per heavy atom. The normalized spacial score (nSPS) is 21.3. The monoisotopic (exact) mass is 380 g/mol. The molecule has 3 rings (SSSR count). The zero-order chi connectivity index (χ0) is 20.7. The highest BCUT2D eigenvalue weighted by atomic mass is 32.2. The first kappa shape index (κ1) is 25.0. The molecule has 0 nitrogen and oxygen atoms in total. The summed E-state index contributed by atoms with van der Waals surface area (Å²) in [6, 6.07) is 8.39. The molecule has 1 aromatic rings. The fourth-order valence-corrected chi connectivity index (χ4v) is 3.32. The van der Waals surface area contributed by atoms with Gasteiger partial charge in [-0.3, -0.25) is 0 Å². The quantitative estimate of drug-likeness (QED) is 0.455. The third kappa shape index (κ3) is 8.05. The maximum atomic E-state index is 4.18. The van der Waals surface area contributed by atoms with Gasteiger partial charge in [-0.05, 0) is 68.5 Å². The van der Waals surface area contributed by atoms with Gasteiger partial charge in [-0.15, -0.1) is 11.8 Å². The summed E-state index contributed by atoms with van der Waals surface area (Å²) in [5, 5.41) is 6.88. The van der Waals surface area contributed by atoms with Crippen molar-refractivity contribution >= 4 is 23.2 Å². The Balaban J connectivity index is 0.00000103. The number of rotatable bonds is 0. The van der Waals surface area contributed by atoms with Crippen LogP contribution in [-0.4, -0.2) is 0 Å². The standard InChI is InChI=1S/C20H18S.3C2H6/c1-15-11-17-7-3-5-9-19(17)13-21-14-20-10-6-4-8-18(20)12-16(15)2;3*1-2/h3-5,7-9,11-14H,1-2,6,10H2;3*1-2H3/b17-11-,18-12-,19-13-,20-14-;;;. The van der Waals surface area contributed by atoms with E-state index in [9.17, 15) is 0 Å². The van der Waals surface area contributed by atoms with Crippen LogP contribution in [0.2, 0.25) is 0 Å². The molecule has 0 N–H and O–H groups in total. The summed E-state index contributed by atoms with van der Waals surface area (Å²) in [6.07, 6.45) is 10.9. The lowest BCUT2D eigenvalue weighted by Crippen LogP contribution is -2.23. The second kappa shape index (κ2) is 15.1. The van der Waals surface area contributed by atoms with Crippen LogP contribution in [-0.2, 0) is 0 Å². The Hall–Kier alpha value is -1.99. The van der Waals surface area contributed by atoms with Gasteiger partial charge in [0.2, 0.25) is 0 Å². The molecule has 0 atom stereocenters. The second-order valence-electron chi connectivity index (χ2n) is 5.26. The molecule has 1 aliphatic carbocycles. The highest BCUT2D eigenvalue weighted by molar-refractivity contribution is 8.09. The minimum absolute atomic E-state index is 0.966. The van der Waals surface area contributed by atoms with Gasteiger partial charge in [0.25, 0.3) is 0 Å². The van der Waals surface area contributed by atoms with E-state index in [0.717, 1.165) is 24.0 Å². The number of fused-ring (bicyclic) bond motifs is 2. The van der Waals surface area contributed by atoms with Crippen molar-refractivity contribution in [3.05, 3.63) is 93.8 Å². The van der Waals surface area contributed by atoms with Gasteiger partial charge in [-0.25, -0.2) is 0 Å². The van der Waals surface area contributed by atoms with Crippen LogP contribution in [0.3, 0.4) is 0 Å². The van der Waals surface area contributed by atoms with Crippen molar-refractivity contribution in [2.24, 2.45) is 0 Å². The zero-order valence-electron chi connectivity index (χ0n) is 18.0. The summed E-state index contributed by atoms with van der Waals surface area (Å²) in [6.45, 7) is 20.4. The van der Waals surface area contributed by atoms with E-state index in [1.165, 1.54) is 21.6 Å². The van der Waals surface area contributed by atoms with Crippen LogP contribution in [0.15, 0.2) is 83.4 Å². The fourth-order valence-electron chi connectivity index (χ4n) is 2.47. The molecule has 2 aliphatic rings. The molecule has 27 heavy (non-hydrogen) atoms. The largest absolute Gasteiger partial charge is 0.105 e. The predicted molar refractivity (Wildman–Crippen MR) is 129 cm³/mol. The molecule has 1 heteroatoms. The number of hydrogen-bond acceptors (Lipinski definition) is 1. The van der Waals surface area contributed by atoms with Gasteiger partial charge in [-0.2, -0.15) is 0 Å². The number of benzene rings is 1. The van der Waals surface area contributed by atoms with Gasteiger partial charge in [0.05, 0.1) is 0 Å². The molecule has 0 bridgehead atoms. The molecule has 0 spiro atoms. The average Bonchev–Trinajstić information content (AvgIpc) is 2.76. The minimum atomic E-state index is 0.966. The fraction of sp³-hybridized carbons (Fsp3) is 0.308. The smallest absolute Gasteiger partial charge is 0.0117 e. The van der Waals surface area contributed by atoms with Crippen LogP contribution in [0, 0.1) is 0 Å². The lowest BCUT2D eigenvalue weighted by atomic mass is 9.94. The minimum Gasteiger partial charge on any atom is -0.105 e. The average molecular weight is 381 g/mol. The molecular weight excluding hydrogens is 344 g/mol. The molecule has 1 aromatic carbocycles. The van der Waals surface area contributed by atoms with Crippen LogP contribution in [0.1, 0.15) is 54.4 Å². The van der Waals surface area contributed by atoms with Crippen LogP contribution < -0.4 is 10.4 Å². The molecule has 0 saturated heterocycles. The second-order valence-corrected chi connectivity index (χ2v) is 6.01. The highest BCUT2D eigenvalue weighted by Crippen LogP contribution is 2.28. The van der Waals surface area contributed by atoms with E-state index >= 15 is 0 Å². The van der Waals surface area contributed by atoms with E-state index in [1.54, 1.807) is 11.8 Å². The first-order chi connectivity index (χ1) is 13.2. The lowest BCUT2D eigenvalue weighted by Gasteiger charge is -2.13. The number of allylic oxidation sites excluding steroid dienone is 7. The van der Waals surface area contributed by atoms with Crippen molar-refractivity contribution in [1.29, 1.82) is 0 Å². The SMILES string of the molecule is C=C1/C=C2/C=CCC/C2=C/S/C=c2/cccc/c2=C/C1=C.CC.CC.CC. The Kier molecular flexibility index (Phi) is 14.0. The molecular formula is C26H36S. The van der Waals surface area contributed by atoms with Crippen molar-refractivity contribution in [3.63, 3.8) is 0 Å². The molecule has 0 unspecified atom stereocenters. The first-order valence-corrected chi connectivity index (χ1v) is 11.1. The Labute approximate surface area is 171 Å². The summed E-state index contributed by atoms with van der Waals surface area (Å²) >= 11 is 1.75. The summed E-state index contributed by atoms with van der Waals surface area (Å²) < 4.78 is 0. The Bertz CT molecular complexity index is 801.